The van der Waals surface area contributed by atoms with E-state index < -0.39 is 21.8 Å². The second-order valence-electron chi connectivity index (χ2n) is 9.76. The van der Waals surface area contributed by atoms with Crippen molar-refractivity contribution in [2.45, 2.75) is 36.5 Å². The van der Waals surface area contributed by atoms with E-state index in [-0.39, 0.29) is 29.9 Å². The zero-order valence-corrected chi connectivity index (χ0v) is 22.1. The van der Waals surface area contributed by atoms with E-state index in [4.69, 9.17) is 4.74 Å². The molecule has 2 heterocycles. The van der Waals surface area contributed by atoms with Crippen LogP contribution in [-0.4, -0.2) is 87.4 Å². The molecule has 2 saturated heterocycles. The van der Waals surface area contributed by atoms with Gasteiger partial charge in [0.1, 0.15) is 12.4 Å². The maximum Gasteiger partial charge on any atom is 0.416 e. The maximum atomic E-state index is 12.9. The molecule has 2 aliphatic heterocycles. The summed E-state index contributed by atoms with van der Waals surface area (Å²) in [6.07, 6.45) is -3.06. The molecule has 38 heavy (non-hydrogen) atoms. The summed E-state index contributed by atoms with van der Waals surface area (Å²) in [5.74, 6) is 0.870. The van der Waals surface area contributed by atoms with Crippen LogP contribution in [-0.2, 0) is 27.5 Å². The molecule has 0 radical (unpaired) electrons. The molecule has 0 saturated carbocycles. The van der Waals surface area contributed by atoms with E-state index in [1.807, 2.05) is 31.3 Å². The van der Waals surface area contributed by atoms with Crippen molar-refractivity contribution in [3.63, 3.8) is 0 Å². The van der Waals surface area contributed by atoms with Crippen LogP contribution in [0.5, 0.6) is 5.75 Å². The Kier molecular flexibility index (Phi) is 8.96. The van der Waals surface area contributed by atoms with Crippen LogP contribution < -0.4 is 10.1 Å². The smallest absolute Gasteiger partial charge is 0.416 e. The number of halogens is 3. The zero-order chi connectivity index (χ0) is 27.3. The van der Waals surface area contributed by atoms with Crippen LogP contribution >= 0.6 is 0 Å². The fraction of sp³-hybridized carbons (Fsp3) is 0.500. The molecular formula is C26H33F3N4O4S. The molecule has 2 fully saturated rings. The van der Waals surface area contributed by atoms with Gasteiger partial charge in [0.2, 0.25) is 15.9 Å². The number of likely N-dealkylation sites (N-methyl/N-ethyl adjacent to an activating group) is 1. The summed E-state index contributed by atoms with van der Waals surface area (Å²) in [5.41, 5.74) is 0.231. The number of carbonyl (C=O) groups is 1. The number of nitrogens with zero attached hydrogens (tertiary/aromatic N) is 3. The van der Waals surface area contributed by atoms with Crippen molar-refractivity contribution in [1.82, 2.24) is 19.4 Å². The van der Waals surface area contributed by atoms with Crippen molar-refractivity contribution in [3.05, 3.63) is 59.7 Å². The van der Waals surface area contributed by atoms with Crippen LogP contribution in [0.2, 0.25) is 0 Å². The van der Waals surface area contributed by atoms with E-state index in [9.17, 15) is 26.4 Å². The van der Waals surface area contributed by atoms with Gasteiger partial charge in [-0.15, -0.1) is 0 Å². The minimum absolute atomic E-state index is 0.112. The molecule has 1 unspecified atom stereocenters. The van der Waals surface area contributed by atoms with Crippen molar-refractivity contribution in [3.8, 4) is 5.75 Å². The van der Waals surface area contributed by atoms with E-state index >= 15 is 0 Å². The predicted octanol–water partition coefficient (Wildman–Crippen LogP) is 2.80. The number of carbonyl (C=O) groups excluding carboxylic acids is 1. The van der Waals surface area contributed by atoms with Gasteiger partial charge in [0, 0.05) is 58.3 Å². The highest BCUT2D eigenvalue weighted by Gasteiger charge is 2.32. The van der Waals surface area contributed by atoms with Crippen molar-refractivity contribution in [2.75, 3.05) is 52.9 Å². The van der Waals surface area contributed by atoms with Crippen molar-refractivity contribution in [2.24, 2.45) is 0 Å². The third-order valence-electron chi connectivity index (χ3n) is 6.79. The van der Waals surface area contributed by atoms with Gasteiger partial charge in [0.25, 0.3) is 0 Å². The Balaban J connectivity index is 1.20. The van der Waals surface area contributed by atoms with Gasteiger partial charge in [-0.1, -0.05) is 12.1 Å². The molecule has 1 amide bonds. The molecule has 0 bridgehead atoms. The minimum Gasteiger partial charge on any atom is -0.492 e. The number of rotatable bonds is 10. The lowest BCUT2D eigenvalue weighted by Crippen LogP contribution is -2.49. The van der Waals surface area contributed by atoms with Gasteiger partial charge in [0.05, 0.1) is 10.5 Å². The number of ether oxygens (including phenoxy) is 1. The Morgan fingerprint density at radius 1 is 1.08 bits per heavy atom. The molecule has 208 valence electrons. The lowest BCUT2D eigenvalue weighted by atomic mass is 10.1. The Morgan fingerprint density at radius 2 is 1.79 bits per heavy atom. The Morgan fingerprint density at radius 3 is 2.42 bits per heavy atom. The Labute approximate surface area is 221 Å². The topological polar surface area (TPSA) is 82.2 Å². The molecule has 0 spiro atoms. The van der Waals surface area contributed by atoms with Gasteiger partial charge in [-0.3, -0.25) is 9.69 Å². The number of alkyl halides is 3. The highest BCUT2D eigenvalue weighted by atomic mass is 32.2. The first-order valence-electron chi connectivity index (χ1n) is 12.6. The summed E-state index contributed by atoms with van der Waals surface area (Å²) in [4.78, 5) is 15.5. The van der Waals surface area contributed by atoms with E-state index in [0.29, 0.717) is 32.7 Å². The zero-order valence-electron chi connectivity index (χ0n) is 21.3. The van der Waals surface area contributed by atoms with Crippen LogP contribution in [0.4, 0.5) is 13.2 Å². The second kappa shape index (κ2) is 12.0. The Hall–Kier alpha value is -2.67. The average molecular weight is 555 g/mol. The second-order valence-corrected chi connectivity index (χ2v) is 11.7. The lowest BCUT2D eigenvalue weighted by Gasteiger charge is -2.33. The first-order chi connectivity index (χ1) is 18.0. The van der Waals surface area contributed by atoms with Crippen LogP contribution in [0.3, 0.4) is 0 Å². The van der Waals surface area contributed by atoms with Crippen LogP contribution in [0, 0.1) is 0 Å². The number of amides is 1. The summed E-state index contributed by atoms with van der Waals surface area (Å²) in [7, 11) is -1.83. The monoisotopic (exact) mass is 554 g/mol. The SMILES string of the molecule is CN(Cc1cccc(OCCN2CCN(S(=O)(=O)c3ccc(C(F)(F)F)cc3)CC2)c1)CC1CCC(=O)N1. The molecule has 2 aliphatic rings. The molecule has 2 aromatic carbocycles. The van der Waals surface area contributed by atoms with Crippen LogP contribution in [0.25, 0.3) is 0 Å². The number of hydrogen-bond donors (Lipinski definition) is 1. The molecule has 0 aliphatic carbocycles. The molecule has 2 aromatic rings. The highest BCUT2D eigenvalue weighted by Crippen LogP contribution is 2.30. The molecule has 1 atom stereocenters. The van der Waals surface area contributed by atoms with E-state index in [2.05, 4.69) is 15.1 Å². The molecule has 8 nitrogen and oxygen atoms in total. The average Bonchev–Trinajstić information content (AvgIpc) is 3.28. The fourth-order valence-electron chi connectivity index (χ4n) is 4.75. The fourth-order valence-corrected chi connectivity index (χ4v) is 6.17. The Bertz CT molecular complexity index is 1200. The summed E-state index contributed by atoms with van der Waals surface area (Å²) in [6, 6.07) is 11.7. The molecule has 0 aromatic heterocycles. The third kappa shape index (κ3) is 7.46. The van der Waals surface area contributed by atoms with Gasteiger partial charge in [-0.25, -0.2) is 8.42 Å². The standard InChI is InChI=1S/C26H33F3N4O4S/c1-31(19-22-7-10-25(34)30-22)18-20-3-2-4-23(17-20)37-16-15-32-11-13-33(14-12-32)38(35,36)24-8-5-21(6-9-24)26(27,28)29/h2-6,8-9,17,22H,7,10-16,18-19H2,1H3,(H,30,34). The normalized spacial score (nSPS) is 19.6. The summed E-state index contributed by atoms with van der Waals surface area (Å²) < 4.78 is 71.3. The predicted molar refractivity (Wildman–Crippen MR) is 136 cm³/mol. The van der Waals surface area contributed by atoms with Crippen molar-refractivity contribution >= 4 is 15.9 Å². The van der Waals surface area contributed by atoms with Gasteiger partial charge >= 0.3 is 6.18 Å². The van der Waals surface area contributed by atoms with E-state index in [0.717, 1.165) is 55.1 Å². The number of piperazine rings is 1. The first-order valence-corrected chi connectivity index (χ1v) is 14.0. The van der Waals surface area contributed by atoms with E-state index in [1.54, 1.807) is 0 Å². The molecule has 1 N–H and O–H groups in total. The third-order valence-corrected chi connectivity index (χ3v) is 8.71. The summed E-state index contributed by atoms with van der Waals surface area (Å²) in [5, 5.41) is 2.98. The molecule has 4 rings (SSSR count). The van der Waals surface area contributed by atoms with Crippen molar-refractivity contribution < 1.29 is 31.1 Å². The number of benzene rings is 2. The van der Waals surface area contributed by atoms with Gasteiger partial charge in [-0.2, -0.15) is 17.5 Å². The van der Waals surface area contributed by atoms with Crippen LogP contribution in [0.15, 0.2) is 53.4 Å². The minimum atomic E-state index is -4.51. The molecular weight excluding hydrogens is 521 g/mol. The van der Waals surface area contributed by atoms with Gasteiger partial charge < -0.3 is 15.0 Å². The summed E-state index contributed by atoms with van der Waals surface area (Å²) in [6.45, 7) is 4.12. The first kappa shape index (κ1) is 28.3. The van der Waals surface area contributed by atoms with Gasteiger partial charge in [0.15, 0.2) is 0 Å². The van der Waals surface area contributed by atoms with Gasteiger partial charge in [-0.05, 0) is 55.4 Å². The lowest BCUT2D eigenvalue weighted by molar-refractivity contribution is -0.137. The maximum absolute atomic E-state index is 12.9. The quantitative estimate of drug-likeness (QED) is 0.487. The number of sulfonamides is 1. The highest BCUT2D eigenvalue weighted by molar-refractivity contribution is 7.89. The number of nitrogens with one attached hydrogen (secondary N) is 1. The largest absolute Gasteiger partial charge is 0.492 e. The van der Waals surface area contributed by atoms with Crippen LogP contribution in [0.1, 0.15) is 24.0 Å². The number of hydrogen-bond acceptors (Lipinski definition) is 6. The van der Waals surface area contributed by atoms with E-state index in [1.165, 1.54) is 4.31 Å². The van der Waals surface area contributed by atoms with Crippen molar-refractivity contribution in [1.29, 1.82) is 0 Å². The summed E-state index contributed by atoms with van der Waals surface area (Å²) >= 11 is 0. The molecule has 12 heteroatoms.